The Hall–Kier alpha value is -0.830. The monoisotopic (exact) mass is 225 g/mol. The molecule has 1 aliphatic rings. The summed E-state index contributed by atoms with van der Waals surface area (Å²) in [7, 11) is 0. The minimum Gasteiger partial charge on any atom is -0.478 e. The van der Waals surface area contributed by atoms with E-state index in [1.165, 1.54) is 19.3 Å². The van der Waals surface area contributed by atoms with Gasteiger partial charge in [0.15, 0.2) is 0 Å². The zero-order valence-corrected chi connectivity index (χ0v) is 10.6. The van der Waals surface area contributed by atoms with Gasteiger partial charge >= 0.3 is 5.97 Å². The van der Waals surface area contributed by atoms with Crippen molar-refractivity contribution in [3.8, 4) is 0 Å². The first kappa shape index (κ1) is 13.2. The Morgan fingerprint density at radius 1 is 1.50 bits per heavy atom. The lowest BCUT2D eigenvalue weighted by molar-refractivity contribution is -0.132. The molecule has 0 bridgehead atoms. The number of carbonyl (C=O) groups is 1. The standard InChI is InChI=1S/C13H23NO2/c1-10(2)6-8-14(12-4-5-12)9-7-11(3)13(15)16/h7,10,12H,4-6,8-9H2,1-3H3,(H,15,16)/b11-7-. The second-order valence-electron chi connectivity index (χ2n) is 5.10. The van der Waals surface area contributed by atoms with Crippen LogP contribution in [-0.2, 0) is 4.79 Å². The maximum atomic E-state index is 10.7. The van der Waals surface area contributed by atoms with Crippen LogP contribution in [0.3, 0.4) is 0 Å². The Balaban J connectivity index is 2.39. The zero-order chi connectivity index (χ0) is 12.1. The van der Waals surface area contributed by atoms with Gasteiger partial charge in [-0.15, -0.1) is 0 Å². The third kappa shape index (κ3) is 4.79. The van der Waals surface area contributed by atoms with Crippen LogP contribution in [0.15, 0.2) is 11.6 Å². The van der Waals surface area contributed by atoms with Crippen LogP contribution >= 0.6 is 0 Å². The lowest BCUT2D eigenvalue weighted by atomic mass is 10.1. The molecule has 0 aromatic carbocycles. The molecule has 0 heterocycles. The predicted octanol–water partition coefficient (Wildman–Crippen LogP) is 2.53. The summed E-state index contributed by atoms with van der Waals surface area (Å²) in [4.78, 5) is 13.1. The number of hydrogen-bond donors (Lipinski definition) is 1. The molecule has 1 rings (SSSR count). The first-order valence-electron chi connectivity index (χ1n) is 6.14. The number of carboxylic acid groups (broad SMARTS) is 1. The van der Waals surface area contributed by atoms with Gasteiger partial charge in [-0.2, -0.15) is 0 Å². The van der Waals surface area contributed by atoms with Crippen molar-refractivity contribution in [2.45, 2.75) is 46.1 Å². The number of nitrogens with zero attached hydrogens (tertiary/aromatic N) is 1. The Kier molecular flexibility index (Phi) is 5.00. The highest BCUT2D eigenvalue weighted by atomic mass is 16.4. The van der Waals surface area contributed by atoms with E-state index in [1.807, 2.05) is 6.08 Å². The van der Waals surface area contributed by atoms with E-state index in [1.54, 1.807) is 6.92 Å². The van der Waals surface area contributed by atoms with Gasteiger partial charge in [0.2, 0.25) is 0 Å². The van der Waals surface area contributed by atoms with Crippen molar-refractivity contribution in [1.29, 1.82) is 0 Å². The lowest BCUT2D eigenvalue weighted by Crippen LogP contribution is -2.28. The minimum atomic E-state index is -0.806. The second kappa shape index (κ2) is 6.04. The smallest absolute Gasteiger partial charge is 0.330 e. The fraction of sp³-hybridized carbons (Fsp3) is 0.769. The summed E-state index contributed by atoms with van der Waals surface area (Å²) < 4.78 is 0. The number of hydrogen-bond acceptors (Lipinski definition) is 2. The van der Waals surface area contributed by atoms with Crippen molar-refractivity contribution in [3.05, 3.63) is 11.6 Å². The van der Waals surface area contributed by atoms with Gasteiger partial charge in [-0.1, -0.05) is 19.9 Å². The van der Waals surface area contributed by atoms with Crippen molar-refractivity contribution >= 4 is 5.97 Å². The van der Waals surface area contributed by atoms with Gasteiger partial charge < -0.3 is 5.11 Å². The van der Waals surface area contributed by atoms with E-state index in [-0.39, 0.29) is 0 Å². The molecule has 1 fully saturated rings. The molecule has 0 saturated heterocycles. The van der Waals surface area contributed by atoms with Gasteiger partial charge in [0.1, 0.15) is 0 Å². The van der Waals surface area contributed by atoms with Crippen molar-refractivity contribution in [2.75, 3.05) is 13.1 Å². The molecule has 0 aliphatic heterocycles. The quantitative estimate of drug-likeness (QED) is 0.677. The highest BCUT2D eigenvalue weighted by Crippen LogP contribution is 2.27. The first-order chi connectivity index (χ1) is 7.50. The van der Waals surface area contributed by atoms with E-state index in [0.717, 1.165) is 13.1 Å². The average molecular weight is 225 g/mol. The zero-order valence-electron chi connectivity index (χ0n) is 10.6. The molecule has 1 aliphatic carbocycles. The van der Waals surface area contributed by atoms with Gasteiger partial charge in [-0.3, -0.25) is 4.90 Å². The van der Waals surface area contributed by atoms with Crippen molar-refractivity contribution < 1.29 is 9.90 Å². The van der Waals surface area contributed by atoms with Crippen LogP contribution in [0.2, 0.25) is 0 Å². The SMILES string of the molecule is C/C(=C/CN(CCC(C)C)C1CC1)C(=O)O. The van der Waals surface area contributed by atoms with Crippen molar-refractivity contribution in [3.63, 3.8) is 0 Å². The van der Waals surface area contributed by atoms with Crippen LogP contribution < -0.4 is 0 Å². The first-order valence-corrected chi connectivity index (χ1v) is 6.14. The van der Waals surface area contributed by atoms with E-state index in [2.05, 4.69) is 18.7 Å². The normalized spacial score (nSPS) is 17.2. The highest BCUT2D eigenvalue weighted by Gasteiger charge is 2.27. The fourth-order valence-electron chi connectivity index (χ4n) is 1.63. The van der Waals surface area contributed by atoms with Gasteiger partial charge in [0.05, 0.1) is 0 Å². The summed E-state index contributed by atoms with van der Waals surface area (Å²) in [6, 6.07) is 0.705. The van der Waals surface area contributed by atoms with Crippen LogP contribution in [0, 0.1) is 5.92 Å². The Morgan fingerprint density at radius 3 is 2.56 bits per heavy atom. The second-order valence-corrected chi connectivity index (χ2v) is 5.10. The molecule has 3 nitrogen and oxygen atoms in total. The van der Waals surface area contributed by atoms with E-state index >= 15 is 0 Å². The predicted molar refractivity (Wildman–Crippen MR) is 65.4 cm³/mol. The number of carboxylic acids is 1. The maximum Gasteiger partial charge on any atom is 0.330 e. The fourth-order valence-corrected chi connectivity index (χ4v) is 1.63. The molecule has 1 saturated carbocycles. The van der Waals surface area contributed by atoms with Gasteiger partial charge in [-0.05, 0) is 38.6 Å². The summed E-state index contributed by atoms with van der Waals surface area (Å²) in [5.74, 6) is -0.0922. The summed E-state index contributed by atoms with van der Waals surface area (Å²) in [5.41, 5.74) is 0.454. The van der Waals surface area contributed by atoms with Gasteiger partial charge in [0, 0.05) is 18.2 Å². The third-order valence-corrected chi connectivity index (χ3v) is 3.03. The van der Waals surface area contributed by atoms with E-state index in [9.17, 15) is 4.79 Å². The highest BCUT2D eigenvalue weighted by molar-refractivity contribution is 5.85. The topological polar surface area (TPSA) is 40.5 Å². The molecule has 1 N–H and O–H groups in total. The summed E-state index contributed by atoms with van der Waals surface area (Å²) in [6.07, 6.45) is 5.58. The molecule has 0 atom stereocenters. The van der Waals surface area contributed by atoms with Crippen LogP contribution in [0.5, 0.6) is 0 Å². The van der Waals surface area contributed by atoms with Crippen LogP contribution in [-0.4, -0.2) is 35.1 Å². The number of aliphatic carboxylic acids is 1. The van der Waals surface area contributed by atoms with Crippen LogP contribution in [0.25, 0.3) is 0 Å². The van der Waals surface area contributed by atoms with E-state index in [4.69, 9.17) is 5.11 Å². The molecule has 92 valence electrons. The summed E-state index contributed by atoms with van der Waals surface area (Å²) >= 11 is 0. The third-order valence-electron chi connectivity index (χ3n) is 3.03. The number of rotatable bonds is 7. The molecule has 0 unspecified atom stereocenters. The Bertz CT molecular complexity index is 267. The molecular weight excluding hydrogens is 202 g/mol. The molecule has 16 heavy (non-hydrogen) atoms. The molecule has 0 amide bonds. The van der Waals surface area contributed by atoms with E-state index < -0.39 is 5.97 Å². The molecule has 0 aromatic heterocycles. The summed E-state index contributed by atoms with van der Waals surface area (Å²) in [5, 5.41) is 8.78. The van der Waals surface area contributed by atoms with Crippen LogP contribution in [0.4, 0.5) is 0 Å². The summed E-state index contributed by atoms with van der Waals surface area (Å²) in [6.45, 7) is 7.99. The van der Waals surface area contributed by atoms with Crippen molar-refractivity contribution in [1.82, 2.24) is 4.90 Å². The van der Waals surface area contributed by atoms with Gasteiger partial charge in [-0.25, -0.2) is 4.79 Å². The lowest BCUT2D eigenvalue weighted by Gasteiger charge is -2.21. The molecule has 0 aromatic rings. The van der Waals surface area contributed by atoms with E-state index in [0.29, 0.717) is 17.5 Å². The molecule has 0 radical (unpaired) electrons. The minimum absolute atomic E-state index is 0.454. The van der Waals surface area contributed by atoms with Gasteiger partial charge in [0.25, 0.3) is 0 Å². The Morgan fingerprint density at radius 2 is 2.12 bits per heavy atom. The maximum absolute atomic E-state index is 10.7. The molecule has 3 heteroatoms. The van der Waals surface area contributed by atoms with Crippen molar-refractivity contribution in [2.24, 2.45) is 5.92 Å². The van der Waals surface area contributed by atoms with Crippen LogP contribution in [0.1, 0.15) is 40.0 Å². The molecule has 0 spiro atoms. The Labute approximate surface area is 98.1 Å². The molecular formula is C13H23NO2. The largest absolute Gasteiger partial charge is 0.478 e. The average Bonchev–Trinajstić information content (AvgIpc) is 3.00.